The van der Waals surface area contributed by atoms with Crippen molar-refractivity contribution in [3.8, 4) is 0 Å². The first kappa shape index (κ1) is 24.1. The van der Waals surface area contributed by atoms with Gasteiger partial charge in [-0.2, -0.15) is 0 Å². The predicted octanol–water partition coefficient (Wildman–Crippen LogP) is 3.20. The van der Waals surface area contributed by atoms with Crippen molar-refractivity contribution >= 4 is 25.9 Å². The standard InChI is InChI=1S/C21H27NO6S2/c1-5-6-8-16(2)9-7-10-20-21(3,4)18-15-17(30(26,27)28)11-12-19(18)22(20)13-14-29(23,24)25/h5-12,15H,13-14H2,1-4H3,(H,23,24,25)(H,26,27,28)/p-2/b6-5+,9-7+,16-8+,20-10+. The molecule has 1 aromatic carbocycles. The average molecular weight is 452 g/mol. The van der Waals surface area contributed by atoms with Crippen LogP contribution in [0.3, 0.4) is 0 Å². The summed E-state index contributed by atoms with van der Waals surface area (Å²) in [6.07, 6.45) is 11.2. The molecular weight excluding hydrogens is 426 g/mol. The highest BCUT2D eigenvalue weighted by atomic mass is 32.2. The lowest BCUT2D eigenvalue weighted by atomic mass is 9.83. The van der Waals surface area contributed by atoms with E-state index in [0.717, 1.165) is 5.57 Å². The molecule has 0 atom stereocenters. The molecule has 0 amide bonds. The van der Waals surface area contributed by atoms with E-state index in [2.05, 4.69) is 0 Å². The minimum Gasteiger partial charge on any atom is -0.748 e. The van der Waals surface area contributed by atoms with Gasteiger partial charge in [0, 0.05) is 23.3 Å². The van der Waals surface area contributed by atoms with Gasteiger partial charge in [0.1, 0.15) is 10.1 Å². The third-order valence-electron chi connectivity index (χ3n) is 4.88. The maximum Gasteiger partial charge on any atom is 0.124 e. The van der Waals surface area contributed by atoms with E-state index in [-0.39, 0.29) is 11.4 Å². The maximum atomic E-state index is 11.5. The lowest BCUT2D eigenvalue weighted by molar-refractivity contribution is 0.460. The van der Waals surface area contributed by atoms with E-state index in [0.29, 0.717) is 16.9 Å². The summed E-state index contributed by atoms with van der Waals surface area (Å²) >= 11 is 0. The molecule has 0 saturated heterocycles. The Morgan fingerprint density at radius 3 is 2.37 bits per heavy atom. The Kier molecular flexibility index (Phi) is 7.13. The number of allylic oxidation sites excluding steroid dienone is 8. The molecular formula is C21H25NO6S2-2. The molecule has 0 bridgehead atoms. The summed E-state index contributed by atoms with van der Waals surface area (Å²) in [4.78, 5) is 1.33. The predicted molar refractivity (Wildman–Crippen MR) is 115 cm³/mol. The van der Waals surface area contributed by atoms with Gasteiger partial charge in [-0.25, -0.2) is 16.8 Å². The fourth-order valence-electron chi connectivity index (χ4n) is 3.35. The van der Waals surface area contributed by atoms with Gasteiger partial charge in [-0.3, -0.25) is 0 Å². The summed E-state index contributed by atoms with van der Waals surface area (Å²) in [6.45, 7) is 7.45. The SMILES string of the molecule is C/C=C/C=C(C)/C=C/C=C1/N(CCS(=O)(=O)[O-])c2ccc(S(=O)(=O)[O-])cc2C1(C)C. The van der Waals surface area contributed by atoms with Crippen LogP contribution >= 0.6 is 0 Å². The second-order valence-corrected chi connectivity index (χ2v) is 10.4. The molecule has 164 valence electrons. The quantitative estimate of drug-likeness (QED) is 0.461. The van der Waals surface area contributed by atoms with E-state index in [4.69, 9.17) is 0 Å². The normalized spacial score (nSPS) is 18.7. The van der Waals surface area contributed by atoms with Crippen molar-refractivity contribution in [3.63, 3.8) is 0 Å². The highest BCUT2D eigenvalue weighted by Gasteiger charge is 2.40. The Bertz CT molecular complexity index is 1140. The summed E-state index contributed by atoms with van der Waals surface area (Å²) in [5.74, 6) is -0.606. The second kappa shape index (κ2) is 8.89. The third kappa shape index (κ3) is 5.69. The first-order valence-electron chi connectivity index (χ1n) is 9.27. The van der Waals surface area contributed by atoms with Crippen molar-refractivity contribution in [3.05, 3.63) is 71.5 Å². The van der Waals surface area contributed by atoms with Gasteiger partial charge in [0.05, 0.1) is 20.8 Å². The van der Waals surface area contributed by atoms with Crippen molar-refractivity contribution in [1.82, 2.24) is 0 Å². The van der Waals surface area contributed by atoms with Crippen LogP contribution in [0.4, 0.5) is 5.69 Å². The van der Waals surface area contributed by atoms with Gasteiger partial charge in [-0.15, -0.1) is 0 Å². The zero-order valence-corrected chi connectivity index (χ0v) is 19.0. The van der Waals surface area contributed by atoms with E-state index < -0.39 is 31.4 Å². The van der Waals surface area contributed by atoms with E-state index in [1.54, 1.807) is 11.0 Å². The fraction of sp³-hybridized carbons (Fsp3) is 0.333. The van der Waals surface area contributed by atoms with Crippen LogP contribution in [0.1, 0.15) is 33.3 Å². The van der Waals surface area contributed by atoms with E-state index in [1.165, 1.54) is 18.2 Å². The van der Waals surface area contributed by atoms with Crippen LogP contribution in [0, 0.1) is 0 Å². The van der Waals surface area contributed by atoms with Gasteiger partial charge in [-0.1, -0.05) is 49.8 Å². The van der Waals surface area contributed by atoms with Gasteiger partial charge in [0.2, 0.25) is 0 Å². The number of hydrogen-bond acceptors (Lipinski definition) is 7. The van der Waals surface area contributed by atoms with E-state index >= 15 is 0 Å². The lowest BCUT2D eigenvalue weighted by Crippen LogP contribution is -2.30. The van der Waals surface area contributed by atoms with Gasteiger partial charge in [0.25, 0.3) is 0 Å². The molecule has 30 heavy (non-hydrogen) atoms. The summed E-state index contributed by atoms with van der Waals surface area (Å²) in [6, 6.07) is 3.98. The first-order valence-corrected chi connectivity index (χ1v) is 12.3. The highest BCUT2D eigenvalue weighted by Crippen LogP contribution is 2.48. The smallest absolute Gasteiger partial charge is 0.124 e. The Balaban J connectivity index is 2.57. The molecule has 7 nitrogen and oxygen atoms in total. The van der Waals surface area contributed by atoms with Crippen LogP contribution in [-0.4, -0.2) is 38.2 Å². The molecule has 0 spiro atoms. The van der Waals surface area contributed by atoms with Crippen molar-refractivity contribution < 1.29 is 25.9 Å². The maximum absolute atomic E-state index is 11.5. The molecule has 1 heterocycles. The number of nitrogens with zero attached hydrogens (tertiary/aromatic N) is 1. The molecule has 0 aromatic heterocycles. The second-order valence-electron chi connectivity index (χ2n) is 7.52. The van der Waals surface area contributed by atoms with Crippen LogP contribution in [0.25, 0.3) is 0 Å². The summed E-state index contributed by atoms with van der Waals surface area (Å²) < 4.78 is 68.0. The van der Waals surface area contributed by atoms with Crippen LogP contribution in [0.5, 0.6) is 0 Å². The summed E-state index contributed by atoms with van der Waals surface area (Å²) in [7, 11) is -9.09. The minimum absolute atomic E-state index is 0.0845. The van der Waals surface area contributed by atoms with Crippen molar-refractivity contribution in [2.24, 2.45) is 0 Å². The Hall–Kier alpha value is -2.20. The Labute approximate surface area is 178 Å². The first-order chi connectivity index (χ1) is 13.8. The molecule has 0 N–H and O–H groups in total. The Morgan fingerprint density at radius 2 is 1.80 bits per heavy atom. The van der Waals surface area contributed by atoms with Crippen LogP contribution < -0.4 is 4.90 Å². The van der Waals surface area contributed by atoms with Crippen LogP contribution in [0.15, 0.2) is 70.8 Å². The molecule has 1 aromatic rings. The number of anilines is 1. The van der Waals surface area contributed by atoms with Crippen molar-refractivity contribution in [2.45, 2.75) is 38.0 Å². The largest absolute Gasteiger partial charge is 0.748 e. The lowest BCUT2D eigenvalue weighted by Gasteiger charge is -2.27. The van der Waals surface area contributed by atoms with Gasteiger partial charge in [-0.05, 0) is 43.7 Å². The van der Waals surface area contributed by atoms with E-state index in [9.17, 15) is 25.9 Å². The summed E-state index contributed by atoms with van der Waals surface area (Å²) in [5.41, 5.74) is 2.11. The molecule has 0 unspecified atom stereocenters. The molecule has 1 aliphatic heterocycles. The molecule has 0 radical (unpaired) electrons. The molecule has 0 saturated carbocycles. The van der Waals surface area contributed by atoms with Crippen molar-refractivity contribution in [2.75, 3.05) is 17.2 Å². The van der Waals surface area contributed by atoms with Crippen LogP contribution in [-0.2, 0) is 25.7 Å². The van der Waals surface area contributed by atoms with E-state index in [1.807, 2.05) is 58.1 Å². The topological polar surface area (TPSA) is 118 Å². The van der Waals surface area contributed by atoms with Crippen LogP contribution in [0.2, 0.25) is 0 Å². The molecule has 0 fully saturated rings. The Morgan fingerprint density at radius 1 is 1.13 bits per heavy atom. The number of benzene rings is 1. The summed E-state index contributed by atoms with van der Waals surface area (Å²) in [5, 5.41) is 0. The van der Waals surface area contributed by atoms with Crippen molar-refractivity contribution in [1.29, 1.82) is 0 Å². The number of hydrogen-bond donors (Lipinski definition) is 0. The highest BCUT2D eigenvalue weighted by molar-refractivity contribution is 7.86. The third-order valence-corrected chi connectivity index (χ3v) is 6.40. The van der Waals surface area contributed by atoms with Gasteiger partial charge >= 0.3 is 0 Å². The van der Waals surface area contributed by atoms with Gasteiger partial charge < -0.3 is 14.0 Å². The number of fused-ring (bicyclic) bond motifs is 1. The molecule has 1 aliphatic rings. The fourth-order valence-corrected chi connectivity index (χ4v) is 4.25. The molecule has 2 rings (SSSR count). The zero-order valence-electron chi connectivity index (χ0n) is 17.3. The molecule has 9 heteroatoms. The number of rotatable bonds is 7. The van der Waals surface area contributed by atoms with Gasteiger partial charge in [0.15, 0.2) is 0 Å². The average Bonchev–Trinajstić information content (AvgIpc) is 2.83. The monoisotopic (exact) mass is 451 g/mol. The molecule has 0 aliphatic carbocycles. The minimum atomic E-state index is -4.64. The zero-order chi connectivity index (χ0) is 22.7.